The number of rotatable bonds is 20. The van der Waals surface area contributed by atoms with Gasteiger partial charge >= 0.3 is 11.9 Å². The molecule has 1 atom stereocenters. The third kappa shape index (κ3) is 18.1. The predicted molar refractivity (Wildman–Crippen MR) is 116 cm³/mol. The highest BCUT2D eigenvalue weighted by Crippen LogP contribution is 2.17. The van der Waals surface area contributed by atoms with Gasteiger partial charge in [0.2, 0.25) is 0 Å². The zero-order chi connectivity index (χ0) is 20.9. The summed E-state index contributed by atoms with van der Waals surface area (Å²) in [7, 11) is 0. The highest BCUT2D eigenvalue weighted by molar-refractivity contribution is 5.78. The van der Waals surface area contributed by atoms with E-state index < -0.39 is 11.9 Å². The molecule has 0 radical (unpaired) electrons. The lowest BCUT2D eigenvalue weighted by molar-refractivity contribution is -0.151. The molecule has 0 aliphatic rings. The number of carboxylic acid groups (broad SMARTS) is 1. The normalized spacial score (nSPS) is 12.4. The molecule has 0 heterocycles. The molecule has 0 rings (SSSR count). The van der Waals surface area contributed by atoms with Gasteiger partial charge in [0.1, 0.15) is 0 Å². The number of aliphatic carboxylic acids is 1. The Morgan fingerprint density at radius 2 is 1.32 bits per heavy atom. The van der Waals surface area contributed by atoms with Crippen LogP contribution in [0.3, 0.4) is 0 Å². The average Bonchev–Trinajstić information content (AvgIpc) is 2.68. The fourth-order valence-electron chi connectivity index (χ4n) is 3.26. The highest BCUT2D eigenvalue weighted by Gasteiger charge is 2.21. The molecular weight excluding hydrogens is 352 g/mol. The first-order valence-electron chi connectivity index (χ1n) is 11.6. The van der Waals surface area contributed by atoms with Crippen molar-refractivity contribution in [3.63, 3.8) is 0 Å². The SMILES string of the molecule is CCC/C=C/CCCCCCCCCCCCC(CC(=O)OCCC)C(=O)O. The zero-order valence-corrected chi connectivity index (χ0v) is 18.4. The standard InChI is InChI=1S/C24H44O4/c1-3-5-6-7-8-9-10-11-12-13-14-15-16-17-18-19-22(24(26)27)21-23(25)28-20-4-2/h6-7,22H,3-5,8-21H2,1-2H3,(H,26,27)/b7-6+. The van der Waals surface area contributed by atoms with Crippen LogP contribution in [0.5, 0.6) is 0 Å². The Kier molecular flexibility index (Phi) is 19.5. The van der Waals surface area contributed by atoms with Crippen LogP contribution in [0, 0.1) is 5.92 Å². The lowest BCUT2D eigenvalue weighted by Gasteiger charge is -2.11. The number of carbonyl (C=O) groups is 2. The van der Waals surface area contributed by atoms with Gasteiger partial charge in [-0.25, -0.2) is 0 Å². The van der Waals surface area contributed by atoms with Gasteiger partial charge in [0.15, 0.2) is 0 Å². The Morgan fingerprint density at radius 3 is 1.86 bits per heavy atom. The second kappa shape index (κ2) is 20.4. The molecule has 0 aromatic rings. The third-order valence-corrected chi connectivity index (χ3v) is 5.02. The van der Waals surface area contributed by atoms with Crippen LogP contribution in [-0.4, -0.2) is 23.7 Å². The van der Waals surface area contributed by atoms with Gasteiger partial charge < -0.3 is 9.84 Å². The molecule has 0 fully saturated rings. The summed E-state index contributed by atoms with van der Waals surface area (Å²) >= 11 is 0. The molecule has 0 aliphatic carbocycles. The minimum atomic E-state index is -0.880. The summed E-state index contributed by atoms with van der Waals surface area (Å²) in [6.45, 7) is 4.51. The van der Waals surface area contributed by atoms with E-state index in [0.29, 0.717) is 13.0 Å². The van der Waals surface area contributed by atoms with Gasteiger partial charge in [-0.2, -0.15) is 0 Å². The lowest BCUT2D eigenvalue weighted by atomic mass is 9.97. The summed E-state index contributed by atoms with van der Waals surface area (Å²) in [6.07, 6.45) is 21.9. The maximum atomic E-state index is 11.6. The number of ether oxygens (including phenoxy) is 1. The van der Waals surface area contributed by atoms with Crippen molar-refractivity contribution < 1.29 is 19.4 Å². The van der Waals surface area contributed by atoms with Crippen LogP contribution in [0.4, 0.5) is 0 Å². The van der Waals surface area contributed by atoms with Crippen molar-refractivity contribution in [2.45, 2.75) is 117 Å². The first-order valence-corrected chi connectivity index (χ1v) is 11.6. The molecule has 4 nitrogen and oxygen atoms in total. The van der Waals surface area contributed by atoms with Gasteiger partial charge in [-0.15, -0.1) is 0 Å². The molecule has 1 N–H and O–H groups in total. The molecule has 0 bridgehead atoms. The van der Waals surface area contributed by atoms with E-state index in [0.717, 1.165) is 25.7 Å². The monoisotopic (exact) mass is 396 g/mol. The van der Waals surface area contributed by atoms with E-state index >= 15 is 0 Å². The molecule has 0 amide bonds. The van der Waals surface area contributed by atoms with Gasteiger partial charge in [0, 0.05) is 0 Å². The van der Waals surface area contributed by atoms with Crippen molar-refractivity contribution in [3.8, 4) is 0 Å². The summed E-state index contributed by atoms with van der Waals surface area (Å²) in [6, 6.07) is 0. The highest BCUT2D eigenvalue weighted by atomic mass is 16.5. The first-order chi connectivity index (χ1) is 13.6. The Bertz CT molecular complexity index is 403. The van der Waals surface area contributed by atoms with Gasteiger partial charge in [0.05, 0.1) is 18.9 Å². The van der Waals surface area contributed by atoms with Crippen LogP contribution in [-0.2, 0) is 14.3 Å². The van der Waals surface area contributed by atoms with E-state index in [-0.39, 0.29) is 12.4 Å². The average molecular weight is 397 g/mol. The van der Waals surface area contributed by atoms with Crippen molar-refractivity contribution in [1.29, 1.82) is 0 Å². The molecule has 4 heteroatoms. The van der Waals surface area contributed by atoms with Crippen LogP contribution < -0.4 is 0 Å². The zero-order valence-electron chi connectivity index (χ0n) is 18.4. The molecule has 28 heavy (non-hydrogen) atoms. The van der Waals surface area contributed by atoms with Crippen LogP contribution >= 0.6 is 0 Å². The van der Waals surface area contributed by atoms with Crippen LogP contribution in [0.1, 0.15) is 117 Å². The molecule has 0 aliphatic heterocycles. The molecule has 164 valence electrons. The smallest absolute Gasteiger partial charge is 0.307 e. The van der Waals surface area contributed by atoms with Gasteiger partial charge in [0.25, 0.3) is 0 Å². The van der Waals surface area contributed by atoms with Crippen molar-refractivity contribution in [3.05, 3.63) is 12.2 Å². The first kappa shape index (κ1) is 26.7. The summed E-state index contributed by atoms with van der Waals surface area (Å²) in [4.78, 5) is 22.9. The summed E-state index contributed by atoms with van der Waals surface area (Å²) < 4.78 is 4.99. The molecule has 0 saturated heterocycles. The second-order valence-corrected chi connectivity index (χ2v) is 7.83. The summed E-state index contributed by atoms with van der Waals surface area (Å²) in [5.74, 6) is -1.86. The summed E-state index contributed by atoms with van der Waals surface area (Å²) in [5.41, 5.74) is 0. The van der Waals surface area contributed by atoms with Crippen LogP contribution in [0.2, 0.25) is 0 Å². The molecular formula is C24H44O4. The Balaban J connectivity index is 3.49. The van der Waals surface area contributed by atoms with E-state index in [1.807, 2.05) is 6.92 Å². The van der Waals surface area contributed by atoms with Crippen molar-refractivity contribution >= 4 is 11.9 Å². The minimum absolute atomic E-state index is 0.00370. The van der Waals surface area contributed by atoms with Crippen molar-refractivity contribution in [2.24, 2.45) is 5.92 Å². The number of esters is 1. The largest absolute Gasteiger partial charge is 0.481 e. The van der Waals surface area contributed by atoms with E-state index in [1.165, 1.54) is 64.2 Å². The van der Waals surface area contributed by atoms with Gasteiger partial charge in [-0.1, -0.05) is 90.2 Å². The van der Waals surface area contributed by atoms with Crippen molar-refractivity contribution in [2.75, 3.05) is 6.61 Å². The molecule has 1 unspecified atom stereocenters. The van der Waals surface area contributed by atoms with E-state index in [9.17, 15) is 14.7 Å². The molecule has 0 aromatic heterocycles. The van der Waals surface area contributed by atoms with Crippen LogP contribution in [0.25, 0.3) is 0 Å². The van der Waals surface area contributed by atoms with Crippen LogP contribution in [0.15, 0.2) is 12.2 Å². The number of unbranched alkanes of at least 4 members (excludes halogenated alkanes) is 11. The van der Waals surface area contributed by atoms with E-state index in [4.69, 9.17) is 4.74 Å². The fraction of sp³-hybridized carbons (Fsp3) is 0.833. The molecule has 0 aromatic carbocycles. The third-order valence-electron chi connectivity index (χ3n) is 5.02. The maximum absolute atomic E-state index is 11.6. The Morgan fingerprint density at radius 1 is 0.786 bits per heavy atom. The maximum Gasteiger partial charge on any atom is 0.307 e. The summed E-state index contributed by atoms with van der Waals surface area (Å²) in [5, 5.41) is 9.25. The topological polar surface area (TPSA) is 63.6 Å². The Hall–Kier alpha value is -1.32. The Labute approximate surface area is 173 Å². The molecule has 0 saturated carbocycles. The lowest BCUT2D eigenvalue weighted by Crippen LogP contribution is -2.19. The van der Waals surface area contributed by atoms with Gasteiger partial charge in [-0.05, 0) is 32.1 Å². The second-order valence-electron chi connectivity index (χ2n) is 7.83. The predicted octanol–water partition coefficient (Wildman–Crippen LogP) is 7.07. The van der Waals surface area contributed by atoms with E-state index in [1.54, 1.807) is 0 Å². The number of carboxylic acids is 1. The van der Waals surface area contributed by atoms with Crippen molar-refractivity contribution in [1.82, 2.24) is 0 Å². The fourth-order valence-corrected chi connectivity index (χ4v) is 3.26. The van der Waals surface area contributed by atoms with Gasteiger partial charge in [-0.3, -0.25) is 9.59 Å². The number of hydrogen-bond donors (Lipinski definition) is 1. The number of allylic oxidation sites excluding steroid dienone is 2. The van der Waals surface area contributed by atoms with E-state index in [2.05, 4.69) is 19.1 Å². The number of carbonyl (C=O) groups excluding carboxylic acids is 1. The number of hydrogen-bond acceptors (Lipinski definition) is 3. The molecule has 0 spiro atoms. The quantitative estimate of drug-likeness (QED) is 0.136. The minimum Gasteiger partial charge on any atom is -0.481 e.